The van der Waals surface area contributed by atoms with E-state index < -0.39 is 0 Å². The van der Waals surface area contributed by atoms with E-state index in [0.717, 1.165) is 9.65 Å². The molecule has 0 unspecified atom stereocenters. The number of nitrogens with one attached hydrogen (secondary N) is 1. The second kappa shape index (κ2) is 4.12. The number of hydrogen-bond acceptors (Lipinski definition) is 6. The van der Waals surface area contributed by atoms with Crippen molar-refractivity contribution in [1.82, 2.24) is 20.6 Å². The third-order valence-electron chi connectivity index (χ3n) is 3.68. The van der Waals surface area contributed by atoms with Crippen molar-refractivity contribution in [2.24, 2.45) is 0 Å². The standard InChI is InChI=1S/C11H15BN4O2S/c1-10(2)11(3,4)18-12(17-10)8-6-5-7(19-8)9-13-15-16-14-9/h5-6H,1-4H3,(H,13,14,15,16). The van der Waals surface area contributed by atoms with E-state index in [1.54, 1.807) is 11.3 Å². The van der Waals surface area contributed by atoms with Gasteiger partial charge in [0.1, 0.15) is 0 Å². The van der Waals surface area contributed by atoms with Crippen LogP contribution in [0.2, 0.25) is 0 Å². The van der Waals surface area contributed by atoms with Gasteiger partial charge in [-0.05, 0) is 39.0 Å². The van der Waals surface area contributed by atoms with Gasteiger partial charge in [0.2, 0.25) is 5.82 Å². The molecule has 1 fully saturated rings. The fourth-order valence-corrected chi connectivity index (χ4v) is 2.72. The second-order valence-corrected chi connectivity index (χ2v) is 6.64. The summed E-state index contributed by atoms with van der Waals surface area (Å²) < 4.78 is 13.0. The molecule has 2 aromatic rings. The Morgan fingerprint density at radius 1 is 1.16 bits per heavy atom. The lowest BCUT2D eigenvalue weighted by molar-refractivity contribution is 0.00578. The highest BCUT2D eigenvalue weighted by atomic mass is 32.1. The Morgan fingerprint density at radius 2 is 1.84 bits per heavy atom. The molecule has 19 heavy (non-hydrogen) atoms. The van der Waals surface area contributed by atoms with Gasteiger partial charge in [-0.15, -0.1) is 21.5 Å². The van der Waals surface area contributed by atoms with Crippen LogP contribution in [0.25, 0.3) is 10.7 Å². The summed E-state index contributed by atoms with van der Waals surface area (Å²) in [5.74, 6) is 0.591. The molecular weight excluding hydrogens is 263 g/mol. The average Bonchev–Trinajstić information content (AvgIpc) is 3.00. The minimum Gasteiger partial charge on any atom is -0.399 e. The van der Waals surface area contributed by atoms with Crippen molar-refractivity contribution in [3.8, 4) is 10.7 Å². The lowest BCUT2D eigenvalue weighted by atomic mass is 9.88. The SMILES string of the molecule is CC1(C)OB(c2ccc(-c3nn[nH]n3)s2)OC1(C)C. The molecule has 0 saturated carbocycles. The van der Waals surface area contributed by atoms with Crippen molar-refractivity contribution in [3.05, 3.63) is 12.1 Å². The third kappa shape index (κ3) is 2.09. The van der Waals surface area contributed by atoms with Crippen LogP contribution in [0.1, 0.15) is 27.7 Å². The van der Waals surface area contributed by atoms with Gasteiger partial charge in [-0.2, -0.15) is 5.21 Å². The minimum atomic E-state index is -0.337. The molecule has 6 nitrogen and oxygen atoms in total. The molecule has 0 spiro atoms. The molecule has 0 radical (unpaired) electrons. The average molecular weight is 278 g/mol. The summed E-state index contributed by atoms with van der Waals surface area (Å²) in [5.41, 5.74) is -0.651. The number of tetrazole rings is 1. The van der Waals surface area contributed by atoms with Crippen LogP contribution in [-0.4, -0.2) is 38.9 Å². The molecular formula is C11H15BN4O2S. The zero-order valence-corrected chi connectivity index (χ0v) is 12.1. The summed E-state index contributed by atoms with van der Waals surface area (Å²) in [6, 6.07) is 3.94. The normalized spacial score (nSPS) is 20.9. The number of thiophene rings is 1. The van der Waals surface area contributed by atoms with E-state index in [1.807, 2.05) is 39.8 Å². The van der Waals surface area contributed by atoms with Crippen LogP contribution in [0.5, 0.6) is 0 Å². The van der Waals surface area contributed by atoms with Crippen molar-refractivity contribution >= 4 is 23.2 Å². The lowest BCUT2D eigenvalue weighted by Crippen LogP contribution is -2.41. The van der Waals surface area contributed by atoms with Gasteiger partial charge in [0, 0.05) is 4.78 Å². The summed E-state index contributed by atoms with van der Waals surface area (Å²) in [4.78, 5) is 0.943. The maximum absolute atomic E-state index is 6.00. The minimum absolute atomic E-state index is 0.325. The van der Waals surface area contributed by atoms with E-state index in [0.29, 0.717) is 5.82 Å². The van der Waals surface area contributed by atoms with Gasteiger partial charge < -0.3 is 9.31 Å². The van der Waals surface area contributed by atoms with E-state index in [-0.39, 0.29) is 18.3 Å². The van der Waals surface area contributed by atoms with Gasteiger partial charge in [0.05, 0.1) is 16.1 Å². The van der Waals surface area contributed by atoms with Gasteiger partial charge in [-0.25, -0.2) is 0 Å². The number of rotatable bonds is 2. The highest BCUT2D eigenvalue weighted by Gasteiger charge is 2.52. The second-order valence-electron chi connectivity index (χ2n) is 5.53. The van der Waals surface area contributed by atoms with Crippen LogP contribution in [0.3, 0.4) is 0 Å². The molecule has 2 aromatic heterocycles. The molecule has 0 atom stereocenters. The van der Waals surface area contributed by atoms with Crippen LogP contribution in [0, 0.1) is 0 Å². The van der Waals surface area contributed by atoms with Crippen molar-refractivity contribution in [1.29, 1.82) is 0 Å². The Morgan fingerprint density at radius 3 is 2.42 bits per heavy atom. The fourth-order valence-electron chi connectivity index (χ4n) is 1.83. The van der Waals surface area contributed by atoms with Gasteiger partial charge in [0.25, 0.3) is 0 Å². The monoisotopic (exact) mass is 278 g/mol. The highest BCUT2D eigenvalue weighted by molar-refractivity contribution is 7.25. The van der Waals surface area contributed by atoms with Crippen LogP contribution in [0.4, 0.5) is 0 Å². The number of aromatic amines is 1. The Balaban J connectivity index is 1.85. The summed E-state index contributed by atoms with van der Waals surface area (Å²) in [5, 5.41) is 13.9. The van der Waals surface area contributed by atoms with Crippen LogP contribution >= 0.6 is 11.3 Å². The van der Waals surface area contributed by atoms with Crippen molar-refractivity contribution < 1.29 is 9.31 Å². The molecule has 1 saturated heterocycles. The molecule has 100 valence electrons. The summed E-state index contributed by atoms with van der Waals surface area (Å²) in [7, 11) is -0.337. The van der Waals surface area contributed by atoms with Gasteiger partial charge in [0.15, 0.2) is 0 Å². The molecule has 0 aliphatic carbocycles. The molecule has 0 aromatic carbocycles. The molecule has 8 heteroatoms. The summed E-state index contributed by atoms with van der Waals surface area (Å²) in [6.45, 7) is 8.17. The van der Waals surface area contributed by atoms with E-state index in [4.69, 9.17) is 9.31 Å². The van der Waals surface area contributed by atoms with Crippen molar-refractivity contribution in [2.75, 3.05) is 0 Å². The van der Waals surface area contributed by atoms with Crippen LogP contribution in [-0.2, 0) is 9.31 Å². The van der Waals surface area contributed by atoms with Crippen molar-refractivity contribution in [3.63, 3.8) is 0 Å². The number of aromatic nitrogens is 4. The van der Waals surface area contributed by atoms with Gasteiger partial charge >= 0.3 is 7.12 Å². The van der Waals surface area contributed by atoms with Crippen LogP contribution < -0.4 is 4.78 Å². The molecule has 3 rings (SSSR count). The summed E-state index contributed by atoms with van der Waals surface area (Å²) in [6.07, 6.45) is 0. The first-order valence-corrected chi connectivity index (χ1v) is 6.90. The Kier molecular flexibility index (Phi) is 2.77. The topological polar surface area (TPSA) is 72.9 Å². The van der Waals surface area contributed by atoms with E-state index in [2.05, 4.69) is 20.6 Å². The highest BCUT2D eigenvalue weighted by Crippen LogP contribution is 2.37. The Bertz CT molecular complexity index is 565. The Labute approximate surface area is 115 Å². The fraction of sp³-hybridized carbons (Fsp3) is 0.545. The lowest BCUT2D eigenvalue weighted by Gasteiger charge is -2.32. The van der Waals surface area contributed by atoms with E-state index >= 15 is 0 Å². The van der Waals surface area contributed by atoms with E-state index in [1.165, 1.54) is 0 Å². The van der Waals surface area contributed by atoms with Gasteiger partial charge in [-0.1, -0.05) is 6.07 Å². The van der Waals surface area contributed by atoms with Gasteiger partial charge in [-0.3, -0.25) is 0 Å². The first-order chi connectivity index (χ1) is 8.89. The molecule has 1 aliphatic heterocycles. The predicted molar refractivity (Wildman–Crippen MR) is 73.2 cm³/mol. The Hall–Kier alpha value is -1.25. The number of H-pyrrole nitrogens is 1. The number of hydrogen-bond donors (Lipinski definition) is 1. The first kappa shape index (κ1) is 12.8. The number of nitrogens with zero attached hydrogens (tertiary/aromatic N) is 3. The molecule has 3 heterocycles. The zero-order valence-electron chi connectivity index (χ0n) is 11.3. The van der Waals surface area contributed by atoms with Crippen LogP contribution in [0.15, 0.2) is 12.1 Å². The maximum atomic E-state index is 6.00. The quantitative estimate of drug-likeness (QED) is 0.836. The molecule has 1 N–H and O–H groups in total. The predicted octanol–water partition coefficient (Wildman–Crippen LogP) is 1.23. The molecule has 0 amide bonds. The van der Waals surface area contributed by atoms with Crippen molar-refractivity contribution in [2.45, 2.75) is 38.9 Å². The first-order valence-electron chi connectivity index (χ1n) is 6.08. The smallest absolute Gasteiger partial charge is 0.399 e. The van der Waals surface area contributed by atoms with E-state index in [9.17, 15) is 0 Å². The summed E-state index contributed by atoms with van der Waals surface area (Å²) >= 11 is 1.55. The molecule has 0 bridgehead atoms. The zero-order chi connectivity index (χ0) is 13.7. The third-order valence-corrected chi connectivity index (χ3v) is 4.78. The largest absolute Gasteiger partial charge is 0.505 e. The maximum Gasteiger partial charge on any atom is 0.505 e. The molecule has 1 aliphatic rings.